The van der Waals surface area contributed by atoms with Gasteiger partial charge < -0.3 is 19.5 Å². The molecule has 1 fully saturated rings. The fourth-order valence-electron chi connectivity index (χ4n) is 2.16. The Morgan fingerprint density at radius 3 is 2.20 bits per heavy atom. The van der Waals surface area contributed by atoms with Gasteiger partial charge in [-0.1, -0.05) is 38.2 Å². The van der Waals surface area contributed by atoms with Crippen LogP contribution in [-0.4, -0.2) is 52.3 Å². The quantitative estimate of drug-likeness (QED) is 0.276. The minimum atomic E-state index is -1.44. The Kier molecular flexibility index (Phi) is 12.8. The normalized spacial score (nSPS) is 20.2. The highest BCUT2D eigenvalue weighted by Crippen LogP contribution is 2.29. The van der Waals surface area contributed by atoms with E-state index in [1.54, 1.807) is 13.7 Å². The van der Waals surface area contributed by atoms with Crippen molar-refractivity contribution < 1.29 is 23.7 Å². The second-order valence-corrected chi connectivity index (χ2v) is 5.64. The zero-order valence-corrected chi connectivity index (χ0v) is 15.9. The third-order valence-electron chi connectivity index (χ3n) is 3.42. The first-order chi connectivity index (χ1) is 12.3. The number of allylic oxidation sites excluding steroid dienone is 2. The number of nitrogens with one attached hydrogen (secondary N) is 1. The van der Waals surface area contributed by atoms with Gasteiger partial charge in [0.15, 0.2) is 0 Å². The predicted octanol–water partition coefficient (Wildman–Crippen LogP) is 3.16. The van der Waals surface area contributed by atoms with E-state index in [0.717, 1.165) is 32.2 Å². The van der Waals surface area contributed by atoms with Gasteiger partial charge in [0.1, 0.15) is 12.7 Å². The van der Waals surface area contributed by atoms with E-state index in [4.69, 9.17) is 23.7 Å². The molecule has 0 bridgehead atoms. The van der Waals surface area contributed by atoms with Crippen molar-refractivity contribution in [2.45, 2.75) is 51.8 Å². The molecule has 0 aromatic rings. The van der Waals surface area contributed by atoms with Crippen LogP contribution in [0, 0.1) is 6.61 Å². The first-order valence-electron chi connectivity index (χ1n) is 9.22. The molecule has 145 valence electrons. The maximum absolute atomic E-state index is 5.87. The van der Waals surface area contributed by atoms with Crippen molar-refractivity contribution in [3.05, 3.63) is 30.9 Å². The zero-order valence-electron chi connectivity index (χ0n) is 15.9. The topological polar surface area (TPSA) is 58.2 Å². The van der Waals surface area contributed by atoms with Crippen molar-refractivity contribution in [1.82, 2.24) is 5.32 Å². The van der Waals surface area contributed by atoms with E-state index in [0.29, 0.717) is 26.4 Å². The molecule has 0 saturated carbocycles. The van der Waals surface area contributed by atoms with Gasteiger partial charge in [-0.2, -0.15) is 0 Å². The lowest BCUT2D eigenvalue weighted by Crippen LogP contribution is -2.40. The van der Waals surface area contributed by atoms with Gasteiger partial charge in [-0.05, 0) is 25.7 Å². The van der Waals surface area contributed by atoms with Crippen molar-refractivity contribution in [2.75, 3.05) is 40.0 Å². The number of rotatable bonds is 15. The SMILES string of the molecule is CC/C=C\CCOC1(OCC/C=C\CC)O[CH]C(CNCCOC)O1. The first kappa shape index (κ1) is 22.3. The average molecular weight is 356 g/mol. The van der Waals surface area contributed by atoms with Crippen LogP contribution in [0.15, 0.2) is 24.3 Å². The molecule has 1 saturated heterocycles. The zero-order chi connectivity index (χ0) is 18.2. The van der Waals surface area contributed by atoms with Gasteiger partial charge in [0.25, 0.3) is 0 Å². The summed E-state index contributed by atoms with van der Waals surface area (Å²) in [5, 5.41) is 3.24. The molecule has 1 aliphatic rings. The van der Waals surface area contributed by atoms with E-state index in [1.807, 2.05) is 0 Å². The van der Waals surface area contributed by atoms with E-state index >= 15 is 0 Å². The standard InChI is InChI=1S/C19H34NO5/c1-4-6-8-10-13-22-19(23-14-11-9-7-5-2)24-17-18(25-19)16-20-12-15-21-3/h6-9,17-18,20H,4-5,10-16H2,1-3H3/b8-6-,9-7-. The molecule has 1 aliphatic heterocycles. The van der Waals surface area contributed by atoms with Crippen molar-refractivity contribution in [2.24, 2.45) is 0 Å². The smallest absolute Gasteiger partial charge is 0.383 e. The summed E-state index contributed by atoms with van der Waals surface area (Å²) in [4.78, 5) is 0. The van der Waals surface area contributed by atoms with Crippen molar-refractivity contribution in [3.63, 3.8) is 0 Å². The average Bonchev–Trinajstić information content (AvgIpc) is 3.02. The van der Waals surface area contributed by atoms with Gasteiger partial charge in [0.05, 0.1) is 19.8 Å². The van der Waals surface area contributed by atoms with Gasteiger partial charge in [0.2, 0.25) is 0 Å². The molecule has 0 spiro atoms. The van der Waals surface area contributed by atoms with Crippen molar-refractivity contribution >= 4 is 0 Å². The molecule has 6 heteroatoms. The van der Waals surface area contributed by atoms with Crippen LogP contribution >= 0.6 is 0 Å². The van der Waals surface area contributed by atoms with E-state index in [9.17, 15) is 0 Å². The van der Waals surface area contributed by atoms with E-state index in [-0.39, 0.29) is 6.10 Å². The van der Waals surface area contributed by atoms with E-state index < -0.39 is 6.16 Å². The van der Waals surface area contributed by atoms with E-state index in [2.05, 4.69) is 43.5 Å². The van der Waals surface area contributed by atoms with E-state index in [1.165, 1.54) is 0 Å². The highest BCUT2D eigenvalue weighted by atomic mass is 17.0. The molecule has 1 rings (SSSR count). The Morgan fingerprint density at radius 2 is 1.64 bits per heavy atom. The van der Waals surface area contributed by atoms with Crippen LogP contribution in [0.5, 0.6) is 0 Å². The molecular weight excluding hydrogens is 322 g/mol. The summed E-state index contributed by atoms with van der Waals surface area (Å²) < 4.78 is 28.0. The molecule has 1 heterocycles. The molecule has 0 aromatic carbocycles. The van der Waals surface area contributed by atoms with Gasteiger partial charge >= 0.3 is 6.16 Å². The third-order valence-corrected chi connectivity index (χ3v) is 3.42. The lowest BCUT2D eigenvalue weighted by molar-refractivity contribution is -0.463. The minimum Gasteiger partial charge on any atom is -0.383 e. The second kappa shape index (κ2) is 14.4. The Bertz CT molecular complexity index is 353. The van der Waals surface area contributed by atoms with Gasteiger partial charge in [-0.25, -0.2) is 0 Å². The molecule has 0 aromatic heterocycles. The van der Waals surface area contributed by atoms with Crippen LogP contribution in [0.4, 0.5) is 0 Å². The molecule has 1 unspecified atom stereocenters. The Morgan fingerprint density at radius 1 is 1.00 bits per heavy atom. The van der Waals surface area contributed by atoms with Gasteiger partial charge in [-0.15, -0.1) is 0 Å². The monoisotopic (exact) mass is 356 g/mol. The lowest BCUT2D eigenvalue weighted by Gasteiger charge is -2.26. The summed E-state index contributed by atoms with van der Waals surface area (Å²) in [6.45, 7) is 8.79. The van der Waals surface area contributed by atoms with Crippen LogP contribution in [0.2, 0.25) is 0 Å². The summed E-state index contributed by atoms with van der Waals surface area (Å²) in [6, 6.07) is 0. The van der Waals surface area contributed by atoms with Crippen LogP contribution in [-0.2, 0) is 23.7 Å². The van der Waals surface area contributed by atoms with Crippen molar-refractivity contribution in [3.8, 4) is 0 Å². The fraction of sp³-hybridized carbons (Fsp3) is 0.737. The summed E-state index contributed by atoms with van der Waals surface area (Å²) >= 11 is 0. The van der Waals surface area contributed by atoms with Gasteiger partial charge in [0, 0.05) is 20.2 Å². The van der Waals surface area contributed by atoms with Crippen LogP contribution in [0.3, 0.4) is 0 Å². The fourth-order valence-corrected chi connectivity index (χ4v) is 2.16. The molecular formula is C19H34NO5. The molecule has 1 atom stereocenters. The molecule has 0 amide bonds. The minimum absolute atomic E-state index is 0.228. The second-order valence-electron chi connectivity index (χ2n) is 5.64. The Labute approximate surface area is 152 Å². The Balaban J connectivity index is 2.42. The number of methoxy groups -OCH3 is 1. The highest BCUT2D eigenvalue weighted by Gasteiger charge is 2.45. The first-order valence-corrected chi connectivity index (χ1v) is 9.22. The number of hydrogen-bond acceptors (Lipinski definition) is 6. The molecule has 1 N–H and O–H groups in total. The highest BCUT2D eigenvalue weighted by molar-refractivity contribution is 4.82. The maximum atomic E-state index is 5.87. The molecule has 1 radical (unpaired) electrons. The number of hydrogen-bond donors (Lipinski definition) is 1. The number of ether oxygens (including phenoxy) is 5. The summed E-state index contributed by atoms with van der Waals surface area (Å²) in [6.07, 6.45) is 10.3. The van der Waals surface area contributed by atoms with Crippen molar-refractivity contribution in [1.29, 1.82) is 0 Å². The summed E-state index contributed by atoms with van der Waals surface area (Å²) in [7, 11) is 1.68. The lowest BCUT2D eigenvalue weighted by atomic mass is 10.3. The maximum Gasteiger partial charge on any atom is 0.413 e. The third kappa shape index (κ3) is 10.1. The molecule has 6 nitrogen and oxygen atoms in total. The predicted molar refractivity (Wildman–Crippen MR) is 97.7 cm³/mol. The van der Waals surface area contributed by atoms with Crippen LogP contribution < -0.4 is 5.32 Å². The van der Waals surface area contributed by atoms with Gasteiger partial charge in [-0.3, -0.25) is 9.47 Å². The van der Waals surface area contributed by atoms with Crippen LogP contribution in [0.25, 0.3) is 0 Å². The van der Waals surface area contributed by atoms with Crippen LogP contribution in [0.1, 0.15) is 39.5 Å². The Hall–Kier alpha value is -0.760. The summed E-state index contributed by atoms with van der Waals surface area (Å²) in [5.41, 5.74) is 0. The molecule has 0 aliphatic carbocycles. The molecule has 25 heavy (non-hydrogen) atoms. The largest absolute Gasteiger partial charge is 0.413 e. The summed E-state index contributed by atoms with van der Waals surface area (Å²) in [5.74, 6) is 0.